The summed E-state index contributed by atoms with van der Waals surface area (Å²) in [6.07, 6.45) is -14.9. The third-order valence-corrected chi connectivity index (χ3v) is 6.85. The normalized spacial score (nSPS) is 12.4. The highest BCUT2D eigenvalue weighted by molar-refractivity contribution is 7.80. The molecule has 0 unspecified atom stereocenters. The van der Waals surface area contributed by atoms with E-state index >= 15 is 0 Å². The Hall–Kier alpha value is -3.48. The van der Waals surface area contributed by atoms with Crippen molar-refractivity contribution < 1.29 is 49.0 Å². The molecule has 228 valence electrons. The van der Waals surface area contributed by atoms with Gasteiger partial charge in [0.1, 0.15) is 5.75 Å². The summed E-state index contributed by atoms with van der Waals surface area (Å²) >= 11 is 5.17. The van der Waals surface area contributed by atoms with Gasteiger partial charge in [-0.25, -0.2) is 0 Å². The highest BCUT2D eigenvalue weighted by atomic mass is 32.1. The van der Waals surface area contributed by atoms with E-state index in [1.165, 1.54) is 13.2 Å². The molecule has 3 aromatic rings. The second-order valence-electron chi connectivity index (χ2n) is 9.72. The van der Waals surface area contributed by atoms with Gasteiger partial charge in [0.05, 0.1) is 30.9 Å². The molecule has 3 rings (SSSR count). The predicted octanol–water partition coefficient (Wildman–Crippen LogP) is 9.48. The molecule has 13 heteroatoms. The molecule has 3 aromatic carbocycles. The molecule has 3 nitrogen and oxygen atoms in total. The lowest BCUT2D eigenvalue weighted by Gasteiger charge is -2.27. The third kappa shape index (κ3) is 7.87. The number of rotatable bonds is 7. The maximum atomic E-state index is 13.7. The van der Waals surface area contributed by atoms with E-state index in [4.69, 9.17) is 21.7 Å². The Labute approximate surface area is 241 Å². The average Bonchev–Trinajstić information content (AvgIpc) is 2.90. The lowest BCUT2D eigenvalue weighted by Crippen LogP contribution is -2.30. The molecule has 0 aromatic heterocycles. The van der Waals surface area contributed by atoms with E-state index in [0.29, 0.717) is 29.0 Å². The second kappa shape index (κ2) is 12.4. The summed E-state index contributed by atoms with van der Waals surface area (Å²) in [4.78, 5) is 1.09. The van der Waals surface area contributed by atoms with Crippen molar-refractivity contribution >= 4 is 17.4 Å². The zero-order valence-corrected chi connectivity index (χ0v) is 23.6. The summed E-state index contributed by atoms with van der Waals surface area (Å²) in [7, 11) is 2.51. The maximum Gasteiger partial charge on any atom is 0.416 e. The van der Waals surface area contributed by atoms with Crippen LogP contribution in [0.15, 0.2) is 54.6 Å². The molecular weight excluding hydrogens is 597 g/mol. The van der Waals surface area contributed by atoms with Crippen LogP contribution in [0.25, 0.3) is 11.1 Å². The molecule has 0 aliphatic heterocycles. The molecule has 0 aliphatic rings. The van der Waals surface area contributed by atoms with Crippen LogP contribution in [0, 0.1) is 0 Å². The highest BCUT2D eigenvalue weighted by Crippen LogP contribution is 2.40. The summed E-state index contributed by atoms with van der Waals surface area (Å²) in [6, 6.07) is 9.22. The Morgan fingerprint density at radius 1 is 0.714 bits per heavy atom. The number of thiocarbonyl (C=S) groups is 1. The van der Waals surface area contributed by atoms with Gasteiger partial charge in [-0.15, -0.1) is 0 Å². The van der Waals surface area contributed by atoms with Crippen LogP contribution in [0.2, 0.25) is 0 Å². The van der Waals surface area contributed by atoms with Crippen LogP contribution >= 0.6 is 12.2 Å². The van der Waals surface area contributed by atoms with E-state index in [-0.39, 0.29) is 22.7 Å². The largest absolute Gasteiger partial charge is 0.496 e. The van der Waals surface area contributed by atoms with E-state index in [1.807, 2.05) is 13.8 Å². The summed E-state index contributed by atoms with van der Waals surface area (Å²) in [5.74, 6) is 0.392. The molecule has 0 saturated carbocycles. The summed E-state index contributed by atoms with van der Waals surface area (Å²) in [5.41, 5.74) is -2.89. The molecule has 42 heavy (non-hydrogen) atoms. The van der Waals surface area contributed by atoms with Crippen molar-refractivity contribution in [3.8, 4) is 16.9 Å². The lowest BCUT2D eigenvalue weighted by molar-refractivity contribution is -0.143. The predicted molar refractivity (Wildman–Crippen MR) is 143 cm³/mol. The van der Waals surface area contributed by atoms with Crippen molar-refractivity contribution in [2.75, 3.05) is 14.2 Å². The first-order chi connectivity index (χ1) is 19.3. The second-order valence-corrected chi connectivity index (χ2v) is 10.1. The van der Waals surface area contributed by atoms with Gasteiger partial charge in [-0.05, 0) is 82.9 Å². The van der Waals surface area contributed by atoms with Gasteiger partial charge in [-0.3, -0.25) is 0 Å². The fraction of sp³-hybridized carbons (Fsp3) is 0.345. The van der Waals surface area contributed by atoms with Gasteiger partial charge in [0.25, 0.3) is 5.17 Å². The number of methoxy groups -OCH3 is 2. The minimum atomic E-state index is -5.09. The van der Waals surface area contributed by atoms with Gasteiger partial charge in [0.15, 0.2) is 0 Å². The van der Waals surface area contributed by atoms with Crippen LogP contribution in [0.4, 0.5) is 39.5 Å². The molecule has 0 saturated heterocycles. The SMILES string of the molecule is COC(=S)N(Cc1cc(C(F)(F)F)cc(C(F)(F)F)c1)Cc1cc(C(F)(F)F)ccc1-c1cc(C(C)C)ccc1OC. The Bertz CT molecular complexity index is 1400. The van der Waals surface area contributed by atoms with Crippen LogP contribution in [0.5, 0.6) is 5.75 Å². The fourth-order valence-corrected chi connectivity index (χ4v) is 4.44. The van der Waals surface area contributed by atoms with Crippen LogP contribution < -0.4 is 4.74 Å². The number of hydrogen-bond donors (Lipinski definition) is 0. The monoisotopic (exact) mass is 623 g/mol. The van der Waals surface area contributed by atoms with E-state index < -0.39 is 53.9 Å². The van der Waals surface area contributed by atoms with Crippen molar-refractivity contribution in [3.05, 3.63) is 88.0 Å². The molecule has 0 atom stereocenters. The molecule has 0 bridgehead atoms. The Balaban J connectivity index is 2.20. The van der Waals surface area contributed by atoms with Crippen LogP contribution in [0.1, 0.15) is 53.1 Å². The van der Waals surface area contributed by atoms with Crippen molar-refractivity contribution in [1.82, 2.24) is 4.90 Å². The van der Waals surface area contributed by atoms with Crippen molar-refractivity contribution in [1.29, 1.82) is 0 Å². The number of nitrogens with zero attached hydrogens (tertiary/aromatic N) is 1. The molecule has 0 aliphatic carbocycles. The highest BCUT2D eigenvalue weighted by Gasteiger charge is 2.37. The zero-order chi connectivity index (χ0) is 31.6. The van der Waals surface area contributed by atoms with Crippen LogP contribution in [0.3, 0.4) is 0 Å². The first-order valence-corrected chi connectivity index (χ1v) is 12.8. The molecular formula is C29H26F9NO2S. The van der Waals surface area contributed by atoms with E-state index in [2.05, 4.69) is 0 Å². The molecule has 0 amide bonds. The summed E-state index contributed by atoms with van der Waals surface area (Å²) in [6.45, 7) is 2.77. The average molecular weight is 624 g/mol. The maximum absolute atomic E-state index is 13.7. The van der Waals surface area contributed by atoms with Gasteiger partial charge in [0.2, 0.25) is 0 Å². The first-order valence-electron chi connectivity index (χ1n) is 12.3. The minimum absolute atomic E-state index is 0.0125. The Kier molecular flexibility index (Phi) is 9.75. The number of alkyl halides is 9. The van der Waals surface area contributed by atoms with Crippen LogP contribution in [-0.2, 0) is 36.4 Å². The fourth-order valence-electron chi connectivity index (χ4n) is 4.31. The standard InChI is InChI=1S/C29H26F9NO2S/c1-16(2)18-5-8-25(40-3)24(12-18)23-7-6-20(27(30,31)32)11-19(23)15-39(26(42)41-4)14-17-9-21(28(33,34)35)13-22(10-17)29(36,37)38/h5-13,16H,14-15H2,1-4H3. The van der Waals surface area contributed by atoms with E-state index in [9.17, 15) is 39.5 Å². The number of hydrogen-bond acceptors (Lipinski definition) is 3. The quantitative estimate of drug-likeness (QED) is 0.193. The molecule has 0 radical (unpaired) electrons. The Morgan fingerprint density at radius 2 is 1.29 bits per heavy atom. The molecule has 0 N–H and O–H groups in total. The van der Waals surface area contributed by atoms with Crippen molar-refractivity contribution in [3.63, 3.8) is 0 Å². The number of ether oxygens (including phenoxy) is 2. The molecule has 0 spiro atoms. The number of benzene rings is 3. The smallest absolute Gasteiger partial charge is 0.416 e. The van der Waals surface area contributed by atoms with Crippen LogP contribution in [-0.4, -0.2) is 24.3 Å². The number of halogens is 9. The summed E-state index contributed by atoms with van der Waals surface area (Å²) < 4.78 is 132. The van der Waals surface area contributed by atoms with Crippen molar-refractivity contribution in [2.45, 2.75) is 51.4 Å². The lowest BCUT2D eigenvalue weighted by atomic mass is 9.92. The van der Waals surface area contributed by atoms with E-state index in [0.717, 1.165) is 29.7 Å². The van der Waals surface area contributed by atoms with Gasteiger partial charge < -0.3 is 14.4 Å². The van der Waals surface area contributed by atoms with Crippen molar-refractivity contribution in [2.24, 2.45) is 0 Å². The first kappa shape index (κ1) is 33.0. The van der Waals surface area contributed by atoms with Gasteiger partial charge in [-0.1, -0.05) is 26.0 Å². The Morgan fingerprint density at radius 3 is 1.76 bits per heavy atom. The third-order valence-electron chi connectivity index (χ3n) is 6.43. The topological polar surface area (TPSA) is 21.7 Å². The van der Waals surface area contributed by atoms with E-state index in [1.54, 1.807) is 18.2 Å². The summed E-state index contributed by atoms with van der Waals surface area (Å²) in [5, 5.41) is -0.354. The molecule has 0 fully saturated rings. The minimum Gasteiger partial charge on any atom is -0.496 e. The van der Waals surface area contributed by atoms with Gasteiger partial charge in [-0.2, -0.15) is 39.5 Å². The van der Waals surface area contributed by atoms with Gasteiger partial charge >= 0.3 is 18.5 Å². The zero-order valence-electron chi connectivity index (χ0n) is 22.8. The van der Waals surface area contributed by atoms with Gasteiger partial charge in [0, 0.05) is 18.7 Å². The molecule has 0 heterocycles.